The van der Waals surface area contributed by atoms with Gasteiger partial charge >= 0.3 is 0 Å². The maximum absolute atomic E-state index is 13.6. The van der Waals surface area contributed by atoms with Crippen LogP contribution in [0.15, 0.2) is 40.0 Å². The highest BCUT2D eigenvalue weighted by molar-refractivity contribution is 8.00. The summed E-state index contributed by atoms with van der Waals surface area (Å²) in [4.78, 5) is 15.2. The maximum atomic E-state index is 13.6. The van der Waals surface area contributed by atoms with Gasteiger partial charge in [0.1, 0.15) is 11.6 Å². The summed E-state index contributed by atoms with van der Waals surface area (Å²) >= 11 is 1.34. The van der Waals surface area contributed by atoms with E-state index in [2.05, 4.69) is 25.6 Å². The highest BCUT2D eigenvalue weighted by Crippen LogP contribution is 2.29. The minimum absolute atomic E-state index is 0.183. The van der Waals surface area contributed by atoms with E-state index < -0.39 is 5.25 Å². The largest absolute Gasteiger partial charge is 0.360 e. The lowest BCUT2D eigenvalue weighted by Crippen LogP contribution is -2.30. The standard InChI is InChI=1S/C22H27FN6O2S/c1-3-18(21(30)24-19-13-15(2)31-27-19)32-22-26-25-20(14-28-11-5-4-6-12-28)29(22)17-9-7-16(23)8-10-17/h7-10,13,18H,3-6,11-12,14H2,1-2H3,(H,24,27,30). The van der Waals surface area contributed by atoms with E-state index in [1.165, 1.54) is 43.2 Å². The van der Waals surface area contributed by atoms with Gasteiger partial charge < -0.3 is 9.84 Å². The molecule has 170 valence electrons. The lowest BCUT2D eigenvalue weighted by atomic mass is 10.1. The molecule has 1 aliphatic heterocycles. The first kappa shape index (κ1) is 22.5. The molecule has 1 amide bonds. The Kier molecular flexibility index (Phi) is 7.21. The number of halogens is 1. The molecule has 1 N–H and O–H groups in total. The summed E-state index contributed by atoms with van der Waals surface area (Å²) in [6.45, 7) is 6.42. The molecule has 2 aromatic heterocycles. The Balaban J connectivity index is 1.58. The Morgan fingerprint density at radius 1 is 1.22 bits per heavy atom. The molecule has 1 fully saturated rings. The van der Waals surface area contributed by atoms with Gasteiger partial charge in [-0.15, -0.1) is 10.2 Å². The van der Waals surface area contributed by atoms with E-state index in [1.807, 2.05) is 11.5 Å². The zero-order valence-corrected chi connectivity index (χ0v) is 19.1. The molecule has 0 radical (unpaired) electrons. The number of rotatable bonds is 8. The number of likely N-dealkylation sites (tertiary alicyclic amines) is 1. The van der Waals surface area contributed by atoms with Crippen LogP contribution in [-0.4, -0.2) is 49.1 Å². The highest BCUT2D eigenvalue weighted by Gasteiger charge is 2.25. The fraction of sp³-hybridized carbons (Fsp3) is 0.455. The van der Waals surface area contributed by atoms with Crippen LogP contribution in [0.25, 0.3) is 5.69 Å². The van der Waals surface area contributed by atoms with Crippen LogP contribution in [-0.2, 0) is 11.3 Å². The molecule has 0 bridgehead atoms. The normalized spacial score (nSPS) is 15.6. The van der Waals surface area contributed by atoms with Gasteiger partial charge in [0.25, 0.3) is 0 Å². The van der Waals surface area contributed by atoms with Gasteiger partial charge in [-0.25, -0.2) is 4.39 Å². The number of hydrogen-bond acceptors (Lipinski definition) is 7. The molecule has 1 aromatic carbocycles. The van der Waals surface area contributed by atoms with Crippen molar-refractivity contribution in [2.45, 2.75) is 56.5 Å². The van der Waals surface area contributed by atoms with Gasteiger partial charge in [-0.2, -0.15) is 0 Å². The molecule has 3 aromatic rings. The Hall–Kier alpha value is -2.72. The lowest BCUT2D eigenvalue weighted by molar-refractivity contribution is -0.115. The summed E-state index contributed by atoms with van der Waals surface area (Å²) in [5, 5.41) is 15.7. The average Bonchev–Trinajstić information content (AvgIpc) is 3.38. The number of thioether (sulfide) groups is 1. The number of aryl methyl sites for hydroxylation is 1. The van der Waals surface area contributed by atoms with Gasteiger partial charge in [-0.1, -0.05) is 30.3 Å². The fourth-order valence-electron chi connectivity index (χ4n) is 3.73. The van der Waals surface area contributed by atoms with Crippen LogP contribution < -0.4 is 5.32 Å². The van der Waals surface area contributed by atoms with Crippen molar-refractivity contribution in [1.82, 2.24) is 24.8 Å². The maximum Gasteiger partial charge on any atom is 0.239 e. The molecule has 8 nitrogen and oxygen atoms in total. The fourth-order valence-corrected chi connectivity index (χ4v) is 4.72. The van der Waals surface area contributed by atoms with Gasteiger partial charge in [0.2, 0.25) is 5.91 Å². The summed E-state index contributed by atoms with van der Waals surface area (Å²) in [6, 6.07) is 7.94. The molecule has 1 saturated heterocycles. The van der Waals surface area contributed by atoms with Crippen molar-refractivity contribution in [3.8, 4) is 5.69 Å². The van der Waals surface area contributed by atoms with Gasteiger partial charge in [0.05, 0.1) is 11.8 Å². The Labute approximate surface area is 190 Å². The zero-order valence-electron chi connectivity index (χ0n) is 18.3. The number of amides is 1. The molecule has 4 rings (SSSR count). The zero-order chi connectivity index (χ0) is 22.5. The first-order valence-electron chi connectivity index (χ1n) is 10.9. The Bertz CT molecular complexity index is 1050. The average molecular weight is 459 g/mol. The Morgan fingerprint density at radius 3 is 2.62 bits per heavy atom. The summed E-state index contributed by atoms with van der Waals surface area (Å²) in [6.07, 6.45) is 4.18. The number of hydrogen-bond donors (Lipinski definition) is 1. The van der Waals surface area contributed by atoms with Gasteiger partial charge in [-0.05, 0) is 63.5 Å². The summed E-state index contributed by atoms with van der Waals surface area (Å²) in [5.74, 6) is 1.31. The predicted octanol–water partition coefficient (Wildman–Crippen LogP) is 4.20. The molecule has 10 heteroatoms. The van der Waals surface area contributed by atoms with E-state index in [9.17, 15) is 9.18 Å². The topological polar surface area (TPSA) is 89.1 Å². The minimum atomic E-state index is -0.404. The molecule has 0 spiro atoms. The van der Waals surface area contributed by atoms with Crippen molar-refractivity contribution in [3.05, 3.63) is 47.7 Å². The molecule has 0 saturated carbocycles. The lowest BCUT2D eigenvalue weighted by Gasteiger charge is -2.26. The highest BCUT2D eigenvalue weighted by atomic mass is 32.2. The summed E-state index contributed by atoms with van der Waals surface area (Å²) in [5.41, 5.74) is 0.772. The molecular formula is C22H27FN6O2S. The Morgan fingerprint density at radius 2 is 1.97 bits per heavy atom. The molecule has 0 aliphatic carbocycles. The number of carbonyl (C=O) groups is 1. The second-order valence-corrected chi connectivity index (χ2v) is 9.04. The van der Waals surface area contributed by atoms with Crippen molar-refractivity contribution in [3.63, 3.8) is 0 Å². The van der Waals surface area contributed by atoms with E-state index in [1.54, 1.807) is 25.1 Å². The van der Waals surface area contributed by atoms with E-state index in [-0.39, 0.29) is 11.7 Å². The van der Waals surface area contributed by atoms with Crippen molar-refractivity contribution in [2.75, 3.05) is 18.4 Å². The van der Waals surface area contributed by atoms with E-state index in [0.717, 1.165) is 24.6 Å². The van der Waals surface area contributed by atoms with E-state index in [4.69, 9.17) is 4.52 Å². The van der Waals surface area contributed by atoms with Crippen LogP contribution in [0, 0.1) is 12.7 Å². The molecule has 32 heavy (non-hydrogen) atoms. The molecule has 3 heterocycles. The van der Waals surface area contributed by atoms with Crippen molar-refractivity contribution in [2.24, 2.45) is 0 Å². The van der Waals surface area contributed by atoms with Gasteiger partial charge in [0.15, 0.2) is 16.8 Å². The molecular weight excluding hydrogens is 431 g/mol. The van der Waals surface area contributed by atoms with Crippen molar-refractivity contribution in [1.29, 1.82) is 0 Å². The first-order valence-corrected chi connectivity index (χ1v) is 11.7. The number of benzene rings is 1. The third kappa shape index (κ3) is 5.36. The summed E-state index contributed by atoms with van der Waals surface area (Å²) in [7, 11) is 0. The number of anilines is 1. The second kappa shape index (κ2) is 10.3. The molecule has 1 aliphatic rings. The predicted molar refractivity (Wildman–Crippen MR) is 120 cm³/mol. The van der Waals surface area contributed by atoms with Gasteiger partial charge in [-0.3, -0.25) is 14.3 Å². The van der Waals surface area contributed by atoms with Gasteiger partial charge in [0, 0.05) is 11.8 Å². The molecule has 1 unspecified atom stereocenters. The minimum Gasteiger partial charge on any atom is -0.360 e. The smallest absolute Gasteiger partial charge is 0.239 e. The first-order chi connectivity index (χ1) is 15.5. The second-order valence-electron chi connectivity index (χ2n) is 7.87. The van der Waals surface area contributed by atoms with Crippen molar-refractivity contribution < 1.29 is 13.7 Å². The number of nitrogens with zero attached hydrogens (tertiary/aromatic N) is 5. The monoisotopic (exact) mass is 458 g/mol. The van der Waals surface area contributed by atoms with Crippen LogP contribution in [0.4, 0.5) is 10.2 Å². The quantitative estimate of drug-likeness (QED) is 0.506. The number of nitrogens with one attached hydrogen (secondary N) is 1. The third-order valence-electron chi connectivity index (χ3n) is 5.39. The van der Waals surface area contributed by atoms with E-state index >= 15 is 0 Å². The van der Waals surface area contributed by atoms with Crippen molar-refractivity contribution >= 4 is 23.5 Å². The van der Waals surface area contributed by atoms with Crippen LogP contribution in [0.5, 0.6) is 0 Å². The molecule has 1 atom stereocenters. The third-order valence-corrected chi connectivity index (χ3v) is 6.70. The summed E-state index contributed by atoms with van der Waals surface area (Å²) < 4.78 is 20.5. The van der Waals surface area contributed by atoms with E-state index in [0.29, 0.717) is 29.7 Å². The van der Waals surface area contributed by atoms with Crippen LogP contribution in [0.3, 0.4) is 0 Å². The van der Waals surface area contributed by atoms with Crippen LogP contribution >= 0.6 is 11.8 Å². The van der Waals surface area contributed by atoms with Crippen LogP contribution in [0.1, 0.15) is 44.2 Å². The van der Waals surface area contributed by atoms with Crippen LogP contribution in [0.2, 0.25) is 0 Å². The SMILES string of the molecule is CCC(Sc1nnc(CN2CCCCC2)n1-c1ccc(F)cc1)C(=O)Nc1cc(C)on1. The number of carbonyl (C=O) groups excluding carboxylic acids is 1. The number of aromatic nitrogens is 4. The number of piperidine rings is 1.